The molecule has 0 aliphatic rings. The van der Waals surface area contributed by atoms with Crippen LogP contribution < -0.4 is 15.4 Å². The molecular weight excluding hydrogens is 328 g/mol. The van der Waals surface area contributed by atoms with Gasteiger partial charge in [0.25, 0.3) is 0 Å². The Hall–Kier alpha value is -1.78. The summed E-state index contributed by atoms with van der Waals surface area (Å²) >= 11 is 11.5. The molecule has 0 radical (unpaired) electrons. The van der Waals surface area contributed by atoms with Crippen molar-refractivity contribution in [2.24, 2.45) is 0 Å². The number of anilines is 1. The second kappa shape index (κ2) is 8.18. The van der Waals surface area contributed by atoms with Crippen molar-refractivity contribution < 1.29 is 4.74 Å². The summed E-state index contributed by atoms with van der Waals surface area (Å²) < 4.78 is 5.15. The van der Waals surface area contributed by atoms with Crippen molar-refractivity contribution in [3.8, 4) is 5.75 Å². The number of nitrogens with one attached hydrogen (secondary N) is 2. The quantitative estimate of drug-likeness (QED) is 0.737. The van der Waals surface area contributed by atoms with Crippen LogP contribution >= 0.6 is 23.8 Å². The molecule has 122 valence electrons. The van der Waals surface area contributed by atoms with E-state index in [1.807, 2.05) is 12.1 Å². The molecule has 0 saturated carbocycles. The Labute approximate surface area is 148 Å². The standard InChI is InChI=1S/C18H21ClN2OS/c1-4-16(13-7-5-12(2)6-8-13)21-18(23)20-14-9-10-17(22-3)15(19)11-14/h5-11,16H,4H2,1-3H3,(H2,20,21,23)/t16-/m0/s1. The number of benzene rings is 2. The Balaban J connectivity index is 2.02. The first kappa shape index (κ1) is 17.6. The largest absolute Gasteiger partial charge is 0.495 e. The van der Waals surface area contributed by atoms with Crippen LogP contribution in [0.5, 0.6) is 5.75 Å². The summed E-state index contributed by atoms with van der Waals surface area (Å²) in [6.07, 6.45) is 0.939. The Kier molecular flexibility index (Phi) is 6.25. The van der Waals surface area contributed by atoms with Crippen molar-refractivity contribution in [2.75, 3.05) is 12.4 Å². The van der Waals surface area contributed by atoms with Gasteiger partial charge in [0.05, 0.1) is 18.2 Å². The molecule has 2 rings (SSSR count). The SMILES string of the molecule is CC[C@H](NC(=S)Nc1ccc(OC)c(Cl)c1)c1ccc(C)cc1. The summed E-state index contributed by atoms with van der Waals surface area (Å²) in [5.41, 5.74) is 3.29. The molecule has 1 atom stereocenters. The summed E-state index contributed by atoms with van der Waals surface area (Å²) in [7, 11) is 1.59. The number of halogens is 1. The first-order valence-electron chi connectivity index (χ1n) is 7.51. The van der Waals surface area contributed by atoms with Gasteiger partial charge in [-0.2, -0.15) is 0 Å². The van der Waals surface area contributed by atoms with Crippen molar-refractivity contribution in [1.29, 1.82) is 0 Å². The van der Waals surface area contributed by atoms with Crippen LogP contribution in [0.4, 0.5) is 5.69 Å². The maximum atomic E-state index is 6.13. The average Bonchev–Trinajstić information content (AvgIpc) is 2.54. The first-order chi connectivity index (χ1) is 11.0. The molecule has 0 fully saturated rings. The number of methoxy groups -OCH3 is 1. The van der Waals surface area contributed by atoms with Gasteiger partial charge in [0, 0.05) is 5.69 Å². The lowest BCUT2D eigenvalue weighted by atomic mass is 10.0. The van der Waals surface area contributed by atoms with Crippen LogP contribution in [-0.2, 0) is 0 Å². The first-order valence-corrected chi connectivity index (χ1v) is 8.29. The Bertz CT molecular complexity index is 673. The number of rotatable bonds is 5. The second-order valence-electron chi connectivity index (χ2n) is 5.32. The molecular formula is C18H21ClN2OS. The number of ether oxygens (including phenoxy) is 1. The molecule has 0 spiro atoms. The van der Waals surface area contributed by atoms with E-state index in [0.717, 1.165) is 12.1 Å². The smallest absolute Gasteiger partial charge is 0.171 e. The third-order valence-corrected chi connectivity index (χ3v) is 4.12. The van der Waals surface area contributed by atoms with Crippen molar-refractivity contribution in [2.45, 2.75) is 26.3 Å². The van der Waals surface area contributed by atoms with E-state index in [4.69, 9.17) is 28.6 Å². The van der Waals surface area contributed by atoms with E-state index in [1.165, 1.54) is 11.1 Å². The molecule has 5 heteroatoms. The minimum Gasteiger partial charge on any atom is -0.495 e. The van der Waals surface area contributed by atoms with E-state index < -0.39 is 0 Å². The highest BCUT2D eigenvalue weighted by molar-refractivity contribution is 7.80. The number of hydrogen-bond donors (Lipinski definition) is 2. The van der Waals surface area contributed by atoms with Gasteiger partial charge >= 0.3 is 0 Å². The third-order valence-electron chi connectivity index (χ3n) is 3.60. The van der Waals surface area contributed by atoms with Crippen molar-refractivity contribution in [3.05, 3.63) is 58.6 Å². The molecule has 0 heterocycles. The highest BCUT2D eigenvalue weighted by atomic mass is 35.5. The number of hydrogen-bond acceptors (Lipinski definition) is 2. The molecule has 0 aliphatic carbocycles. The van der Waals surface area contributed by atoms with Crippen LogP contribution in [0.2, 0.25) is 5.02 Å². The summed E-state index contributed by atoms with van der Waals surface area (Å²) in [6.45, 7) is 4.21. The molecule has 2 aromatic carbocycles. The van der Waals surface area contributed by atoms with Crippen LogP contribution in [0, 0.1) is 6.92 Å². The zero-order valence-corrected chi connectivity index (χ0v) is 15.1. The van der Waals surface area contributed by atoms with Gasteiger partial charge in [0.2, 0.25) is 0 Å². The minimum atomic E-state index is 0.171. The van der Waals surface area contributed by atoms with Crippen LogP contribution in [0.3, 0.4) is 0 Å². The molecule has 2 N–H and O–H groups in total. The maximum Gasteiger partial charge on any atom is 0.171 e. The molecule has 3 nitrogen and oxygen atoms in total. The van der Waals surface area contributed by atoms with E-state index in [0.29, 0.717) is 15.9 Å². The van der Waals surface area contributed by atoms with Crippen LogP contribution in [-0.4, -0.2) is 12.2 Å². The lowest BCUT2D eigenvalue weighted by Gasteiger charge is -2.20. The van der Waals surface area contributed by atoms with Crippen LogP contribution in [0.15, 0.2) is 42.5 Å². The normalized spacial score (nSPS) is 11.7. The molecule has 2 aromatic rings. The topological polar surface area (TPSA) is 33.3 Å². The number of thiocarbonyl (C=S) groups is 1. The molecule has 23 heavy (non-hydrogen) atoms. The lowest BCUT2D eigenvalue weighted by molar-refractivity contribution is 0.415. The van der Waals surface area contributed by atoms with Crippen LogP contribution in [0.1, 0.15) is 30.5 Å². The van der Waals surface area contributed by atoms with Gasteiger partial charge in [-0.05, 0) is 49.3 Å². The summed E-state index contributed by atoms with van der Waals surface area (Å²) in [4.78, 5) is 0. The van der Waals surface area contributed by atoms with E-state index >= 15 is 0 Å². The Morgan fingerprint density at radius 1 is 1.22 bits per heavy atom. The zero-order chi connectivity index (χ0) is 16.8. The maximum absolute atomic E-state index is 6.13. The predicted molar refractivity (Wildman–Crippen MR) is 102 cm³/mol. The second-order valence-corrected chi connectivity index (χ2v) is 6.13. The molecule has 0 aliphatic heterocycles. The fraction of sp³-hybridized carbons (Fsp3) is 0.278. The van der Waals surface area contributed by atoms with E-state index in [2.05, 4.69) is 48.7 Å². The highest BCUT2D eigenvalue weighted by Gasteiger charge is 2.11. The minimum absolute atomic E-state index is 0.171. The molecule has 0 amide bonds. The summed E-state index contributed by atoms with van der Waals surface area (Å²) in [5.74, 6) is 0.641. The van der Waals surface area contributed by atoms with E-state index in [1.54, 1.807) is 13.2 Å². The van der Waals surface area contributed by atoms with Gasteiger partial charge in [-0.25, -0.2) is 0 Å². The summed E-state index contributed by atoms with van der Waals surface area (Å²) in [6, 6.07) is 14.1. The average molecular weight is 349 g/mol. The van der Waals surface area contributed by atoms with Crippen molar-refractivity contribution >= 4 is 34.6 Å². The number of aryl methyl sites for hydroxylation is 1. The lowest BCUT2D eigenvalue weighted by Crippen LogP contribution is -2.32. The Morgan fingerprint density at radius 3 is 2.48 bits per heavy atom. The molecule has 0 aromatic heterocycles. The molecule has 0 saturated heterocycles. The Morgan fingerprint density at radius 2 is 1.91 bits per heavy atom. The van der Waals surface area contributed by atoms with E-state index in [9.17, 15) is 0 Å². The van der Waals surface area contributed by atoms with Gasteiger partial charge < -0.3 is 15.4 Å². The molecule has 0 bridgehead atoms. The van der Waals surface area contributed by atoms with Gasteiger partial charge in [-0.3, -0.25) is 0 Å². The highest BCUT2D eigenvalue weighted by Crippen LogP contribution is 2.27. The molecule has 0 unspecified atom stereocenters. The van der Waals surface area contributed by atoms with Gasteiger partial charge in [0.15, 0.2) is 5.11 Å². The van der Waals surface area contributed by atoms with Crippen molar-refractivity contribution in [3.63, 3.8) is 0 Å². The fourth-order valence-electron chi connectivity index (χ4n) is 2.29. The van der Waals surface area contributed by atoms with E-state index in [-0.39, 0.29) is 6.04 Å². The van der Waals surface area contributed by atoms with Crippen LogP contribution in [0.25, 0.3) is 0 Å². The monoisotopic (exact) mass is 348 g/mol. The third kappa shape index (κ3) is 4.85. The summed E-state index contributed by atoms with van der Waals surface area (Å²) in [5, 5.41) is 7.62. The van der Waals surface area contributed by atoms with Crippen molar-refractivity contribution in [1.82, 2.24) is 5.32 Å². The zero-order valence-electron chi connectivity index (χ0n) is 13.5. The van der Waals surface area contributed by atoms with Gasteiger partial charge in [0.1, 0.15) is 5.75 Å². The predicted octanol–water partition coefficient (Wildman–Crippen LogP) is 5.09. The van der Waals surface area contributed by atoms with Gasteiger partial charge in [-0.15, -0.1) is 0 Å². The fourth-order valence-corrected chi connectivity index (χ4v) is 2.81. The van der Waals surface area contributed by atoms with Gasteiger partial charge in [-0.1, -0.05) is 48.4 Å².